The Hall–Kier alpha value is -0.380. The molecule has 2 N–H and O–H groups in total. The highest BCUT2D eigenvalue weighted by molar-refractivity contribution is 9.10. The van der Waals surface area contributed by atoms with E-state index in [1.807, 2.05) is 24.3 Å². The summed E-state index contributed by atoms with van der Waals surface area (Å²) in [6.07, 6.45) is 5.47. The molecule has 17 heavy (non-hydrogen) atoms. The number of aliphatic hydroxyl groups is 1. The van der Waals surface area contributed by atoms with E-state index in [1.54, 1.807) is 0 Å². The van der Waals surface area contributed by atoms with E-state index in [4.69, 9.17) is 0 Å². The van der Waals surface area contributed by atoms with Gasteiger partial charge in [0.1, 0.15) is 0 Å². The van der Waals surface area contributed by atoms with Crippen LogP contribution in [0.3, 0.4) is 0 Å². The van der Waals surface area contributed by atoms with Gasteiger partial charge >= 0.3 is 0 Å². The van der Waals surface area contributed by atoms with Crippen LogP contribution < -0.4 is 5.32 Å². The number of nitrogens with one attached hydrogen (secondary N) is 1. The molecule has 1 fully saturated rings. The standard InChI is InChI=1S/C14H20BrNO/c15-13-8-4-3-7-12(13)14(17)10-11-6-2-1-5-9-16-11/h3-4,7-8,11,14,16-17H,1-2,5-6,9-10H2. The Morgan fingerprint density at radius 2 is 2.12 bits per heavy atom. The first-order chi connectivity index (χ1) is 8.27. The minimum Gasteiger partial charge on any atom is -0.388 e. The first kappa shape index (κ1) is 13.1. The summed E-state index contributed by atoms with van der Waals surface area (Å²) in [6.45, 7) is 1.09. The van der Waals surface area contributed by atoms with E-state index in [-0.39, 0.29) is 6.10 Å². The van der Waals surface area contributed by atoms with E-state index in [2.05, 4.69) is 21.2 Å². The van der Waals surface area contributed by atoms with Gasteiger partial charge in [-0.1, -0.05) is 47.0 Å². The SMILES string of the molecule is OC(CC1CCCCCN1)c1ccccc1Br. The van der Waals surface area contributed by atoms with Gasteiger partial charge in [-0.25, -0.2) is 0 Å². The van der Waals surface area contributed by atoms with Crippen LogP contribution in [0.15, 0.2) is 28.7 Å². The van der Waals surface area contributed by atoms with Gasteiger partial charge in [0.2, 0.25) is 0 Å². The molecule has 94 valence electrons. The van der Waals surface area contributed by atoms with Gasteiger partial charge in [0.15, 0.2) is 0 Å². The van der Waals surface area contributed by atoms with E-state index in [0.29, 0.717) is 6.04 Å². The van der Waals surface area contributed by atoms with Gasteiger partial charge in [0.25, 0.3) is 0 Å². The molecule has 0 aromatic heterocycles. The Morgan fingerprint density at radius 1 is 1.29 bits per heavy atom. The fourth-order valence-corrected chi connectivity index (χ4v) is 2.99. The van der Waals surface area contributed by atoms with Crippen molar-refractivity contribution in [3.8, 4) is 0 Å². The van der Waals surface area contributed by atoms with Crippen LogP contribution in [0.1, 0.15) is 43.8 Å². The van der Waals surface area contributed by atoms with Gasteiger partial charge in [0.05, 0.1) is 6.10 Å². The van der Waals surface area contributed by atoms with E-state index in [1.165, 1.54) is 25.7 Å². The van der Waals surface area contributed by atoms with Gasteiger partial charge in [0, 0.05) is 10.5 Å². The average molecular weight is 298 g/mol. The molecule has 0 aliphatic carbocycles. The zero-order valence-corrected chi connectivity index (χ0v) is 11.6. The number of rotatable bonds is 3. The monoisotopic (exact) mass is 297 g/mol. The van der Waals surface area contributed by atoms with Crippen molar-refractivity contribution in [1.29, 1.82) is 0 Å². The fraction of sp³-hybridized carbons (Fsp3) is 0.571. The van der Waals surface area contributed by atoms with Crippen LogP contribution in [0, 0.1) is 0 Å². The van der Waals surface area contributed by atoms with Crippen LogP contribution in [0.25, 0.3) is 0 Å². The maximum absolute atomic E-state index is 10.3. The number of aliphatic hydroxyl groups excluding tert-OH is 1. The average Bonchev–Trinajstić information content (AvgIpc) is 2.58. The topological polar surface area (TPSA) is 32.3 Å². The predicted octanol–water partition coefficient (Wildman–Crippen LogP) is 3.40. The molecule has 1 saturated heterocycles. The molecule has 0 spiro atoms. The molecule has 2 atom stereocenters. The lowest BCUT2D eigenvalue weighted by atomic mass is 9.99. The van der Waals surface area contributed by atoms with Crippen LogP contribution in [0.4, 0.5) is 0 Å². The van der Waals surface area contributed by atoms with E-state index < -0.39 is 0 Å². The normalized spacial score (nSPS) is 23.1. The maximum atomic E-state index is 10.3. The lowest BCUT2D eigenvalue weighted by Crippen LogP contribution is -2.29. The second kappa shape index (κ2) is 6.53. The van der Waals surface area contributed by atoms with Crippen molar-refractivity contribution in [3.05, 3.63) is 34.3 Å². The molecule has 0 radical (unpaired) electrons. The molecule has 0 bridgehead atoms. The van der Waals surface area contributed by atoms with Gasteiger partial charge in [-0.3, -0.25) is 0 Å². The van der Waals surface area contributed by atoms with Crippen LogP contribution in [-0.2, 0) is 0 Å². The molecule has 1 heterocycles. The van der Waals surface area contributed by atoms with Gasteiger partial charge in [-0.05, 0) is 37.4 Å². The quantitative estimate of drug-likeness (QED) is 0.896. The lowest BCUT2D eigenvalue weighted by molar-refractivity contribution is 0.149. The Morgan fingerprint density at radius 3 is 2.94 bits per heavy atom. The summed E-state index contributed by atoms with van der Waals surface area (Å²) in [5.41, 5.74) is 0.999. The smallest absolute Gasteiger partial charge is 0.0815 e. The Kier molecular flexibility index (Phi) is 5.01. The summed E-state index contributed by atoms with van der Waals surface area (Å²) in [5.74, 6) is 0. The van der Waals surface area contributed by atoms with Crippen LogP contribution in [0.2, 0.25) is 0 Å². The van der Waals surface area contributed by atoms with Gasteiger partial charge < -0.3 is 10.4 Å². The maximum Gasteiger partial charge on any atom is 0.0815 e. The first-order valence-corrected chi connectivity index (χ1v) is 7.22. The van der Waals surface area contributed by atoms with Crippen molar-refractivity contribution >= 4 is 15.9 Å². The second-order valence-corrected chi connectivity index (χ2v) is 5.63. The summed E-state index contributed by atoms with van der Waals surface area (Å²) in [6, 6.07) is 8.39. The van der Waals surface area contributed by atoms with Gasteiger partial charge in [-0.15, -0.1) is 0 Å². The molecule has 2 unspecified atom stereocenters. The molecule has 2 rings (SSSR count). The van der Waals surface area contributed by atoms with Crippen molar-refractivity contribution in [1.82, 2.24) is 5.32 Å². The number of benzene rings is 1. The van der Waals surface area contributed by atoms with Crippen molar-refractivity contribution in [2.24, 2.45) is 0 Å². The highest BCUT2D eigenvalue weighted by Crippen LogP contribution is 2.27. The third-order valence-electron chi connectivity index (χ3n) is 3.43. The van der Waals surface area contributed by atoms with Gasteiger partial charge in [-0.2, -0.15) is 0 Å². The molecule has 0 amide bonds. The van der Waals surface area contributed by atoms with Crippen molar-refractivity contribution in [2.45, 2.75) is 44.2 Å². The fourth-order valence-electron chi connectivity index (χ4n) is 2.44. The van der Waals surface area contributed by atoms with Crippen molar-refractivity contribution in [2.75, 3.05) is 6.54 Å². The van der Waals surface area contributed by atoms with Crippen LogP contribution in [-0.4, -0.2) is 17.7 Å². The molecule has 3 heteroatoms. The molecule has 1 aromatic rings. The largest absolute Gasteiger partial charge is 0.388 e. The van der Waals surface area contributed by atoms with Crippen LogP contribution >= 0.6 is 15.9 Å². The number of halogens is 1. The summed E-state index contributed by atoms with van der Waals surface area (Å²) in [7, 11) is 0. The Balaban J connectivity index is 1.96. The lowest BCUT2D eigenvalue weighted by Gasteiger charge is -2.20. The molecule has 1 aliphatic heterocycles. The third-order valence-corrected chi connectivity index (χ3v) is 4.16. The highest BCUT2D eigenvalue weighted by Gasteiger charge is 2.18. The molecule has 1 aliphatic rings. The zero-order chi connectivity index (χ0) is 12.1. The molecule has 2 nitrogen and oxygen atoms in total. The highest BCUT2D eigenvalue weighted by atomic mass is 79.9. The number of hydrogen-bond donors (Lipinski definition) is 2. The summed E-state index contributed by atoms with van der Waals surface area (Å²) >= 11 is 3.50. The van der Waals surface area contributed by atoms with E-state index in [0.717, 1.165) is 23.0 Å². The zero-order valence-electron chi connectivity index (χ0n) is 10.0. The summed E-state index contributed by atoms with van der Waals surface area (Å²) in [5, 5.41) is 13.8. The van der Waals surface area contributed by atoms with Crippen molar-refractivity contribution in [3.63, 3.8) is 0 Å². The second-order valence-electron chi connectivity index (χ2n) is 4.77. The molecular weight excluding hydrogens is 278 g/mol. The van der Waals surface area contributed by atoms with Crippen LogP contribution in [0.5, 0.6) is 0 Å². The molecule has 1 aromatic carbocycles. The molecular formula is C14H20BrNO. The Bertz CT molecular complexity index is 348. The first-order valence-electron chi connectivity index (χ1n) is 6.43. The van der Waals surface area contributed by atoms with Crippen molar-refractivity contribution < 1.29 is 5.11 Å². The minimum atomic E-state index is -0.374. The summed E-state index contributed by atoms with van der Waals surface area (Å²) < 4.78 is 1.00. The van der Waals surface area contributed by atoms with E-state index >= 15 is 0 Å². The Labute approximate surface area is 112 Å². The third kappa shape index (κ3) is 3.80. The minimum absolute atomic E-state index is 0.374. The predicted molar refractivity (Wildman–Crippen MR) is 74.0 cm³/mol. The van der Waals surface area contributed by atoms with E-state index in [9.17, 15) is 5.11 Å². The summed E-state index contributed by atoms with van der Waals surface area (Å²) in [4.78, 5) is 0. The number of hydrogen-bond acceptors (Lipinski definition) is 2. The molecule has 0 saturated carbocycles.